The number of piperidine rings is 1. The van der Waals surface area contributed by atoms with E-state index >= 15 is 0 Å². The topological polar surface area (TPSA) is 75.7 Å². The second-order valence-corrected chi connectivity index (χ2v) is 10.3. The van der Waals surface area contributed by atoms with E-state index in [0.29, 0.717) is 43.3 Å². The minimum atomic E-state index is -3.43. The summed E-state index contributed by atoms with van der Waals surface area (Å²) in [6.45, 7) is 3.74. The molecule has 6 nitrogen and oxygen atoms in total. The van der Waals surface area contributed by atoms with Gasteiger partial charge in [0, 0.05) is 19.0 Å². The number of sulfonamides is 1. The van der Waals surface area contributed by atoms with Crippen molar-refractivity contribution in [2.45, 2.75) is 36.8 Å². The number of carbonyl (C=O) groups excluding carboxylic acids is 1. The number of rotatable bonds is 9. The molecule has 2 heterocycles. The fraction of sp³-hybridized carbons (Fsp3) is 0.476. The standard InChI is InChI=1S/C21H28N2O4S2/c1-2-4-17-6-8-19(9-7-17)27-15-12-22-21(24)18-10-13-23(14-11-18)29(25,26)20-5-3-16-28-20/h3,5-9,16,18H,2,4,10-15H2,1H3,(H,22,24). The van der Waals surface area contributed by atoms with E-state index in [0.717, 1.165) is 18.6 Å². The van der Waals surface area contributed by atoms with Gasteiger partial charge in [-0.05, 0) is 48.4 Å². The van der Waals surface area contributed by atoms with E-state index in [1.807, 2.05) is 12.1 Å². The van der Waals surface area contributed by atoms with Crippen molar-refractivity contribution in [3.8, 4) is 5.75 Å². The van der Waals surface area contributed by atoms with Crippen molar-refractivity contribution >= 4 is 27.3 Å². The Morgan fingerprint density at radius 3 is 2.55 bits per heavy atom. The number of thiophene rings is 1. The molecule has 0 aliphatic carbocycles. The van der Waals surface area contributed by atoms with Crippen molar-refractivity contribution in [2.24, 2.45) is 5.92 Å². The molecule has 0 saturated carbocycles. The number of benzene rings is 1. The summed E-state index contributed by atoms with van der Waals surface area (Å²) in [6.07, 6.45) is 3.25. The van der Waals surface area contributed by atoms with Gasteiger partial charge in [0.15, 0.2) is 0 Å². The van der Waals surface area contributed by atoms with Gasteiger partial charge in [-0.1, -0.05) is 31.5 Å². The lowest BCUT2D eigenvalue weighted by molar-refractivity contribution is -0.126. The van der Waals surface area contributed by atoms with Gasteiger partial charge < -0.3 is 10.1 Å². The Hall–Kier alpha value is -1.90. The van der Waals surface area contributed by atoms with E-state index in [1.165, 1.54) is 21.2 Å². The van der Waals surface area contributed by atoms with Crippen LogP contribution in [0.2, 0.25) is 0 Å². The number of hydrogen-bond donors (Lipinski definition) is 1. The van der Waals surface area contributed by atoms with Gasteiger partial charge in [-0.3, -0.25) is 4.79 Å². The van der Waals surface area contributed by atoms with Crippen LogP contribution in [0.4, 0.5) is 0 Å². The minimum Gasteiger partial charge on any atom is -0.492 e. The summed E-state index contributed by atoms with van der Waals surface area (Å²) in [6, 6.07) is 11.4. The van der Waals surface area contributed by atoms with Crippen molar-refractivity contribution in [2.75, 3.05) is 26.2 Å². The van der Waals surface area contributed by atoms with Crippen molar-refractivity contribution in [1.82, 2.24) is 9.62 Å². The normalized spacial score (nSPS) is 15.9. The lowest BCUT2D eigenvalue weighted by Crippen LogP contribution is -2.43. The molecule has 0 bridgehead atoms. The summed E-state index contributed by atoms with van der Waals surface area (Å²) < 4.78 is 32.6. The first-order valence-electron chi connectivity index (χ1n) is 10.0. The molecule has 8 heteroatoms. The zero-order valence-corrected chi connectivity index (χ0v) is 18.3. The van der Waals surface area contributed by atoms with Crippen LogP contribution >= 0.6 is 11.3 Å². The molecule has 1 fully saturated rings. The lowest BCUT2D eigenvalue weighted by Gasteiger charge is -2.30. The van der Waals surface area contributed by atoms with Crippen LogP contribution in [-0.2, 0) is 21.2 Å². The van der Waals surface area contributed by atoms with Crippen LogP contribution in [0.3, 0.4) is 0 Å². The van der Waals surface area contributed by atoms with Crippen molar-refractivity contribution in [1.29, 1.82) is 0 Å². The Morgan fingerprint density at radius 1 is 1.21 bits per heavy atom. The van der Waals surface area contributed by atoms with E-state index in [9.17, 15) is 13.2 Å². The first kappa shape index (κ1) is 21.8. The fourth-order valence-corrected chi connectivity index (χ4v) is 6.04. The Kier molecular flexibility index (Phi) is 7.69. The summed E-state index contributed by atoms with van der Waals surface area (Å²) in [5.41, 5.74) is 1.29. The number of hydrogen-bond acceptors (Lipinski definition) is 5. The summed E-state index contributed by atoms with van der Waals surface area (Å²) in [7, 11) is -3.43. The maximum atomic E-state index is 12.5. The summed E-state index contributed by atoms with van der Waals surface area (Å²) >= 11 is 1.22. The number of ether oxygens (including phenoxy) is 1. The molecule has 1 aliphatic heterocycles. The Labute approximate surface area is 176 Å². The summed E-state index contributed by atoms with van der Waals surface area (Å²) in [4.78, 5) is 12.4. The fourth-order valence-electron chi connectivity index (χ4n) is 3.42. The van der Waals surface area contributed by atoms with Crippen molar-refractivity contribution < 1.29 is 17.9 Å². The van der Waals surface area contributed by atoms with E-state index in [-0.39, 0.29) is 11.8 Å². The van der Waals surface area contributed by atoms with Gasteiger partial charge in [-0.2, -0.15) is 4.31 Å². The van der Waals surface area contributed by atoms with E-state index in [2.05, 4.69) is 24.4 Å². The molecule has 1 amide bonds. The average Bonchev–Trinajstić information content (AvgIpc) is 3.28. The third-order valence-electron chi connectivity index (χ3n) is 5.05. The number of carbonyl (C=O) groups is 1. The molecule has 0 radical (unpaired) electrons. The molecule has 2 aromatic rings. The molecule has 3 rings (SSSR count). The van der Waals surface area contributed by atoms with E-state index < -0.39 is 10.0 Å². The van der Waals surface area contributed by atoms with Gasteiger partial charge in [0.2, 0.25) is 5.91 Å². The maximum absolute atomic E-state index is 12.5. The molecular formula is C21H28N2O4S2. The Bertz CT molecular complexity index is 872. The minimum absolute atomic E-state index is 0.0277. The van der Waals surface area contributed by atoms with Crippen LogP contribution < -0.4 is 10.1 Å². The molecule has 1 aromatic carbocycles. The smallest absolute Gasteiger partial charge is 0.252 e. The van der Waals surface area contributed by atoms with E-state index in [1.54, 1.807) is 17.5 Å². The lowest BCUT2D eigenvalue weighted by atomic mass is 9.97. The first-order chi connectivity index (χ1) is 14.0. The van der Waals surface area contributed by atoms with Crippen LogP contribution in [0, 0.1) is 5.92 Å². The van der Waals surface area contributed by atoms with Crippen molar-refractivity contribution in [3.05, 3.63) is 47.3 Å². The third kappa shape index (κ3) is 5.81. The monoisotopic (exact) mass is 436 g/mol. The Morgan fingerprint density at radius 2 is 1.93 bits per heavy atom. The molecular weight excluding hydrogens is 408 g/mol. The molecule has 29 heavy (non-hydrogen) atoms. The molecule has 0 unspecified atom stereocenters. The Balaban J connectivity index is 1.38. The molecule has 1 aliphatic rings. The van der Waals surface area contributed by atoms with E-state index in [4.69, 9.17) is 4.74 Å². The molecule has 1 N–H and O–H groups in total. The molecule has 0 atom stereocenters. The highest BCUT2D eigenvalue weighted by Crippen LogP contribution is 2.26. The van der Waals surface area contributed by atoms with Crippen LogP contribution in [0.15, 0.2) is 46.0 Å². The number of aryl methyl sites for hydroxylation is 1. The number of nitrogens with zero attached hydrogens (tertiary/aromatic N) is 1. The van der Waals surface area contributed by atoms with Crippen molar-refractivity contribution in [3.63, 3.8) is 0 Å². The van der Waals surface area contributed by atoms with Gasteiger partial charge in [0.05, 0.1) is 6.54 Å². The highest BCUT2D eigenvalue weighted by atomic mass is 32.2. The van der Waals surface area contributed by atoms with Gasteiger partial charge >= 0.3 is 0 Å². The predicted octanol–water partition coefficient (Wildman–Crippen LogP) is 3.30. The maximum Gasteiger partial charge on any atom is 0.252 e. The van der Waals surface area contributed by atoms with Gasteiger partial charge in [0.1, 0.15) is 16.6 Å². The van der Waals surface area contributed by atoms with Crippen LogP contribution in [-0.4, -0.2) is 44.9 Å². The summed E-state index contributed by atoms with van der Waals surface area (Å²) in [5.74, 6) is 0.615. The molecule has 158 valence electrons. The second-order valence-electron chi connectivity index (χ2n) is 7.14. The first-order valence-corrected chi connectivity index (χ1v) is 12.4. The molecule has 1 saturated heterocycles. The third-order valence-corrected chi connectivity index (χ3v) is 8.32. The van der Waals surface area contributed by atoms with Gasteiger partial charge in [-0.15, -0.1) is 11.3 Å². The van der Waals surface area contributed by atoms with Gasteiger partial charge in [-0.25, -0.2) is 8.42 Å². The second kappa shape index (κ2) is 10.2. The average molecular weight is 437 g/mol. The van der Waals surface area contributed by atoms with Gasteiger partial charge in [0.25, 0.3) is 10.0 Å². The summed E-state index contributed by atoms with van der Waals surface area (Å²) in [5, 5.41) is 4.66. The number of nitrogens with one attached hydrogen (secondary N) is 1. The molecule has 1 aromatic heterocycles. The van der Waals surface area contributed by atoms with Crippen LogP contribution in [0.1, 0.15) is 31.7 Å². The predicted molar refractivity (Wildman–Crippen MR) is 115 cm³/mol. The number of amides is 1. The largest absolute Gasteiger partial charge is 0.492 e. The highest BCUT2D eigenvalue weighted by Gasteiger charge is 2.32. The van der Waals surface area contributed by atoms with Crippen LogP contribution in [0.25, 0.3) is 0 Å². The van der Waals surface area contributed by atoms with Crippen LogP contribution in [0.5, 0.6) is 5.75 Å². The quantitative estimate of drug-likeness (QED) is 0.612. The zero-order valence-electron chi connectivity index (χ0n) is 16.7. The highest BCUT2D eigenvalue weighted by molar-refractivity contribution is 7.91. The molecule has 0 spiro atoms. The zero-order chi connectivity index (χ0) is 20.7. The SMILES string of the molecule is CCCc1ccc(OCCNC(=O)C2CCN(S(=O)(=O)c3cccs3)CC2)cc1.